The van der Waals surface area contributed by atoms with Crippen molar-refractivity contribution in [3.8, 4) is 11.8 Å². The van der Waals surface area contributed by atoms with Gasteiger partial charge in [-0.05, 0) is 38.5 Å². The molecule has 0 saturated carbocycles. The second-order valence-corrected chi connectivity index (χ2v) is 10.4. The molecule has 176 valence electrons. The first kappa shape index (κ1) is 24.3. The van der Waals surface area contributed by atoms with Crippen molar-refractivity contribution in [1.29, 1.82) is 5.26 Å². The van der Waals surface area contributed by atoms with E-state index in [4.69, 9.17) is 14.7 Å². The summed E-state index contributed by atoms with van der Waals surface area (Å²) in [5.41, 5.74) is -0.353. The second kappa shape index (κ2) is 9.62. The molecule has 1 atom stereocenters. The minimum Gasteiger partial charge on any atom is -0.486 e. The molecule has 0 aliphatic carbocycles. The molecule has 10 nitrogen and oxygen atoms in total. The lowest BCUT2D eigenvalue weighted by Crippen LogP contribution is -2.55. The average Bonchev–Trinajstić information content (AvgIpc) is 2.77. The van der Waals surface area contributed by atoms with E-state index in [9.17, 15) is 13.2 Å². The summed E-state index contributed by atoms with van der Waals surface area (Å²) in [6.07, 6.45) is 3.81. The van der Waals surface area contributed by atoms with Crippen molar-refractivity contribution in [2.24, 2.45) is 0 Å². The number of sulfone groups is 1. The largest absolute Gasteiger partial charge is 0.486 e. The third kappa shape index (κ3) is 6.32. The van der Waals surface area contributed by atoms with E-state index in [1.807, 2.05) is 17.9 Å². The van der Waals surface area contributed by atoms with E-state index in [1.54, 1.807) is 55.4 Å². The first-order valence-electron chi connectivity index (χ1n) is 10.4. The van der Waals surface area contributed by atoms with Crippen molar-refractivity contribution in [1.82, 2.24) is 14.9 Å². The van der Waals surface area contributed by atoms with E-state index in [0.717, 1.165) is 5.56 Å². The topological polar surface area (TPSA) is 126 Å². The number of nitrogens with zero attached hydrogens (tertiary/aromatic N) is 5. The van der Waals surface area contributed by atoms with Crippen LogP contribution in [0.2, 0.25) is 0 Å². The molecule has 1 aliphatic rings. The lowest BCUT2D eigenvalue weighted by atomic mass is 10.2. The number of aromatic nitrogens is 2. The van der Waals surface area contributed by atoms with Gasteiger partial charge in [0.1, 0.15) is 12.7 Å². The molecule has 0 spiro atoms. The van der Waals surface area contributed by atoms with Gasteiger partial charge < -0.3 is 19.3 Å². The van der Waals surface area contributed by atoms with Crippen molar-refractivity contribution < 1.29 is 22.7 Å². The summed E-state index contributed by atoms with van der Waals surface area (Å²) in [5, 5.41) is 9.05. The number of hydrogen-bond donors (Lipinski definition) is 0. The zero-order valence-corrected chi connectivity index (χ0v) is 19.9. The van der Waals surface area contributed by atoms with Gasteiger partial charge in [0, 0.05) is 31.9 Å². The molecule has 33 heavy (non-hydrogen) atoms. The van der Waals surface area contributed by atoms with E-state index < -0.39 is 21.5 Å². The van der Waals surface area contributed by atoms with E-state index in [0.29, 0.717) is 31.3 Å². The number of amides is 1. The highest BCUT2D eigenvalue weighted by molar-refractivity contribution is 7.90. The quantitative estimate of drug-likeness (QED) is 0.621. The van der Waals surface area contributed by atoms with Crippen LogP contribution in [-0.4, -0.2) is 66.9 Å². The zero-order valence-electron chi connectivity index (χ0n) is 19.1. The molecule has 1 amide bonds. The first-order chi connectivity index (χ1) is 15.5. The molecular formula is C22H27N5O5S. The van der Waals surface area contributed by atoms with Gasteiger partial charge in [-0.25, -0.2) is 23.2 Å². The molecule has 2 heterocycles. The molecule has 0 radical (unpaired) electrons. The van der Waals surface area contributed by atoms with Gasteiger partial charge in [0.05, 0.1) is 17.3 Å². The molecular weight excluding hydrogens is 446 g/mol. The van der Waals surface area contributed by atoms with Gasteiger partial charge in [0.15, 0.2) is 21.2 Å². The Kier molecular flexibility index (Phi) is 7.07. The molecule has 1 aromatic heterocycles. The van der Waals surface area contributed by atoms with E-state index in [-0.39, 0.29) is 17.5 Å². The molecule has 1 fully saturated rings. The van der Waals surface area contributed by atoms with Gasteiger partial charge in [0.2, 0.25) is 5.95 Å². The molecule has 2 aromatic rings. The van der Waals surface area contributed by atoms with Crippen LogP contribution in [-0.2, 0) is 21.2 Å². The Bertz CT molecular complexity index is 1130. The van der Waals surface area contributed by atoms with Crippen molar-refractivity contribution in [3.63, 3.8) is 0 Å². The number of carbonyl (C=O) groups is 1. The summed E-state index contributed by atoms with van der Waals surface area (Å²) < 4.78 is 34.0. The van der Waals surface area contributed by atoms with Crippen LogP contribution in [0.25, 0.3) is 0 Å². The highest BCUT2D eigenvalue weighted by Crippen LogP contribution is 2.20. The Labute approximate surface area is 193 Å². The molecule has 0 unspecified atom stereocenters. The summed E-state index contributed by atoms with van der Waals surface area (Å²) in [4.78, 5) is 24.9. The third-order valence-corrected chi connectivity index (χ3v) is 6.25. The average molecular weight is 474 g/mol. The van der Waals surface area contributed by atoms with Crippen LogP contribution in [0.15, 0.2) is 41.6 Å². The maximum Gasteiger partial charge on any atom is 0.411 e. The Hall–Kier alpha value is -3.39. The molecule has 0 bridgehead atoms. The van der Waals surface area contributed by atoms with Crippen LogP contribution in [0.5, 0.6) is 5.75 Å². The summed E-state index contributed by atoms with van der Waals surface area (Å²) >= 11 is 0. The Morgan fingerprint density at radius 2 is 1.85 bits per heavy atom. The van der Waals surface area contributed by atoms with Gasteiger partial charge >= 0.3 is 6.09 Å². The standard InChI is InChI=1S/C22H27N5O5S/c1-16-13-26(21(28)32-22(2,3)15-23)9-10-27(16)20-24-11-18(12-25-20)31-14-17-5-7-19(8-6-17)33(4,29)30/h5-8,11-12,16H,9-10,13-14H2,1-4H3/t16-/m1/s1. The highest BCUT2D eigenvalue weighted by atomic mass is 32.2. The van der Waals surface area contributed by atoms with Crippen LogP contribution in [0.4, 0.5) is 10.7 Å². The van der Waals surface area contributed by atoms with Gasteiger partial charge in [-0.2, -0.15) is 5.26 Å². The second-order valence-electron chi connectivity index (χ2n) is 8.40. The lowest BCUT2D eigenvalue weighted by Gasteiger charge is -2.39. The van der Waals surface area contributed by atoms with Crippen molar-refractivity contribution >= 4 is 21.9 Å². The number of benzene rings is 1. The van der Waals surface area contributed by atoms with Crippen molar-refractivity contribution in [2.75, 3.05) is 30.8 Å². The summed E-state index contributed by atoms with van der Waals surface area (Å²) in [6.45, 7) is 6.68. The number of ether oxygens (including phenoxy) is 2. The van der Waals surface area contributed by atoms with Gasteiger partial charge in [-0.1, -0.05) is 12.1 Å². The van der Waals surface area contributed by atoms with Gasteiger partial charge in [-0.3, -0.25) is 0 Å². The number of hydrogen-bond acceptors (Lipinski definition) is 9. The first-order valence-corrected chi connectivity index (χ1v) is 12.3. The summed E-state index contributed by atoms with van der Waals surface area (Å²) in [5.74, 6) is 1.01. The van der Waals surface area contributed by atoms with E-state index in [2.05, 4.69) is 9.97 Å². The molecule has 11 heteroatoms. The Morgan fingerprint density at radius 1 is 1.21 bits per heavy atom. The number of piperazine rings is 1. The number of anilines is 1. The SMILES string of the molecule is C[C@@H]1CN(C(=O)OC(C)(C)C#N)CCN1c1ncc(OCc2ccc(S(C)(=O)=O)cc2)cn1. The number of rotatable bonds is 6. The lowest BCUT2D eigenvalue weighted by molar-refractivity contribution is 0.0410. The molecule has 0 N–H and O–H groups in total. The molecule has 1 aliphatic heterocycles. The minimum atomic E-state index is -3.23. The summed E-state index contributed by atoms with van der Waals surface area (Å²) in [6, 6.07) is 8.41. The van der Waals surface area contributed by atoms with Crippen molar-refractivity contribution in [2.45, 2.75) is 43.9 Å². The minimum absolute atomic E-state index is 0.0448. The maximum absolute atomic E-state index is 12.3. The van der Waals surface area contributed by atoms with Gasteiger partial charge in [0.25, 0.3) is 0 Å². The van der Waals surface area contributed by atoms with Gasteiger partial charge in [-0.15, -0.1) is 0 Å². The van der Waals surface area contributed by atoms with E-state index in [1.165, 1.54) is 6.26 Å². The van der Waals surface area contributed by atoms with Crippen LogP contribution < -0.4 is 9.64 Å². The molecule has 1 saturated heterocycles. The van der Waals surface area contributed by atoms with Crippen LogP contribution >= 0.6 is 0 Å². The Balaban J connectivity index is 1.55. The summed E-state index contributed by atoms with van der Waals surface area (Å²) in [7, 11) is -3.23. The predicted molar refractivity (Wildman–Crippen MR) is 120 cm³/mol. The monoisotopic (exact) mass is 473 g/mol. The number of nitriles is 1. The van der Waals surface area contributed by atoms with Crippen LogP contribution in [0.3, 0.4) is 0 Å². The Morgan fingerprint density at radius 3 is 2.39 bits per heavy atom. The van der Waals surface area contributed by atoms with Crippen LogP contribution in [0.1, 0.15) is 26.3 Å². The highest BCUT2D eigenvalue weighted by Gasteiger charge is 2.32. The normalized spacial score (nSPS) is 16.8. The van der Waals surface area contributed by atoms with E-state index >= 15 is 0 Å². The maximum atomic E-state index is 12.3. The smallest absolute Gasteiger partial charge is 0.411 e. The zero-order chi connectivity index (χ0) is 24.2. The molecule has 1 aromatic carbocycles. The van der Waals surface area contributed by atoms with Crippen molar-refractivity contribution in [3.05, 3.63) is 42.2 Å². The predicted octanol–water partition coefficient (Wildman–Crippen LogP) is 2.41. The number of carbonyl (C=O) groups excluding carboxylic acids is 1. The fraction of sp³-hybridized carbons (Fsp3) is 0.455. The van der Waals surface area contributed by atoms with Crippen LogP contribution in [0, 0.1) is 11.3 Å². The fourth-order valence-electron chi connectivity index (χ4n) is 3.26. The fourth-order valence-corrected chi connectivity index (χ4v) is 3.89. The molecule has 3 rings (SSSR count). The third-order valence-electron chi connectivity index (χ3n) is 5.13.